The lowest BCUT2D eigenvalue weighted by Gasteiger charge is -2.20. The highest BCUT2D eigenvalue weighted by atomic mass is 16.2. The van der Waals surface area contributed by atoms with Crippen LogP contribution in [0.2, 0.25) is 0 Å². The molecular weight excluding hydrogens is 236 g/mol. The van der Waals surface area contributed by atoms with Crippen molar-refractivity contribution in [3.63, 3.8) is 0 Å². The normalized spacial score (nSPS) is 17.1. The van der Waals surface area contributed by atoms with E-state index >= 15 is 0 Å². The third-order valence-electron chi connectivity index (χ3n) is 3.86. The highest BCUT2D eigenvalue weighted by Crippen LogP contribution is 2.45. The molecule has 0 bridgehead atoms. The summed E-state index contributed by atoms with van der Waals surface area (Å²) in [5, 5.41) is 6.13. The standard InChI is InChI=1S/C16H24N2O/c1-15(2,3)12-5-7-13(8-6-12)18-14(19)16(9-10-16)11-17-4/h5-8,17H,9-11H2,1-4H3,(H,18,19). The fourth-order valence-electron chi connectivity index (χ4n) is 2.29. The molecule has 1 aliphatic rings. The molecule has 0 unspecified atom stereocenters. The van der Waals surface area contributed by atoms with Crippen LogP contribution < -0.4 is 10.6 Å². The zero-order valence-corrected chi connectivity index (χ0v) is 12.3. The van der Waals surface area contributed by atoms with E-state index in [-0.39, 0.29) is 16.7 Å². The van der Waals surface area contributed by atoms with Crippen LogP contribution >= 0.6 is 0 Å². The smallest absolute Gasteiger partial charge is 0.231 e. The van der Waals surface area contributed by atoms with Crippen LogP contribution in [0.4, 0.5) is 5.69 Å². The highest BCUT2D eigenvalue weighted by Gasteiger charge is 2.49. The van der Waals surface area contributed by atoms with Crippen LogP contribution in [0, 0.1) is 5.41 Å². The summed E-state index contributed by atoms with van der Waals surface area (Å²) in [6.07, 6.45) is 1.97. The van der Waals surface area contributed by atoms with Crippen LogP contribution in [0.1, 0.15) is 39.2 Å². The maximum atomic E-state index is 12.2. The zero-order chi connectivity index (χ0) is 14.1. The Labute approximate surface area is 115 Å². The second-order valence-corrected chi connectivity index (χ2v) is 6.59. The maximum absolute atomic E-state index is 12.2. The van der Waals surface area contributed by atoms with Gasteiger partial charge in [0.05, 0.1) is 5.41 Å². The molecule has 3 nitrogen and oxygen atoms in total. The molecule has 3 heteroatoms. The molecule has 19 heavy (non-hydrogen) atoms. The van der Waals surface area contributed by atoms with Crippen molar-refractivity contribution in [2.24, 2.45) is 5.41 Å². The van der Waals surface area contributed by atoms with E-state index in [4.69, 9.17) is 0 Å². The maximum Gasteiger partial charge on any atom is 0.231 e. The Morgan fingerprint density at radius 2 is 1.79 bits per heavy atom. The Hall–Kier alpha value is -1.35. The topological polar surface area (TPSA) is 41.1 Å². The molecule has 1 aromatic carbocycles. The second-order valence-electron chi connectivity index (χ2n) is 6.59. The number of hydrogen-bond donors (Lipinski definition) is 2. The number of amides is 1. The highest BCUT2D eigenvalue weighted by molar-refractivity contribution is 5.97. The molecule has 0 atom stereocenters. The van der Waals surface area contributed by atoms with Crippen molar-refractivity contribution in [1.82, 2.24) is 5.32 Å². The van der Waals surface area contributed by atoms with E-state index in [1.165, 1.54) is 5.56 Å². The van der Waals surface area contributed by atoms with Gasteiger partial charge in [0.15, 0.2) is 0 Å². The number of hydrogen-bond acceptors (Lipinski definition) is 2. The van der Waals surface area contributed by atoms with Crippen molar-refractivity contribution >= 4 is 11.6 Å². The van der Waals surface area contributed by atoms with Crippen molar-refractivity contribution < 1.29 is 4.79 Å². The van der Waals surface area contributed by atoms with E-state index < -0.39 is 0 Å². The first-order valence-electron chi connectivity index (χ1n) is 6.94. The molecule has 1 fully saturated rings. The fourth-order valence-corrected chi connectivity index (χ4v) is 2.29. The third-order valence-corrected chi connectivity index (χ3v) is 3.86. The molecule has 0 radical (unpaired) electrons. The molecule has 0 saturated heterocycles. The monoisotopic (exact) mass is 260 g/mol. The number of carbonyl (C=O) groups is 1. The summed E-state index contributed by atoms with van der Waals surface area (Å²) in [5.74, 6) is 0.144. The number of benzene rings is 1. The van der Waals surface area contributed by atoms with Crippen LogP contribution in [0.5, 0.6) is 0 Å². The average Bonchev–Trinajstić information content (AvgIpc) is 3.10. The average molecular weight is 260 g/mol. The van der Waals surface area contributed by atoms with Gasteiger partial charge in [-0.1, -0.05) is 32.9 Å². The van der Waals surface area contributed by atoms with Gasteiger partial charge in [-0.2, -0.15) is 0 Å². The van der Waals surface area contributed by atoms with Gasteiger partial charge in [0.25, 0.3) is 0 Å². The number of carbonyl (C=O) groups excluding carboxylic acids is 1. The molecule has 0 aliphatic heterocycles. The zero-order valence-electron chi connectivity index (χ0n) is 12.3. The molecule has 0 heterocycles. The minimum Gasteiger partial charge on any atom is -0.326 e. The van der Waals surface area contributed by atoms with Crippen LogP contribution in [-0.2, 0) is 10.2 Å². The lowest BCUT2D eigenvalue weighted by Crippen LogP contribution is -2.32. The molecular formula is C16H24N2O. The Morgan fingerprint density at radius 3 is 2.21 bits per heavy atom. The summed E-state index contributed by atoms with van der Waals surface area (Å²) in [4.78, 5) is 12.2. The second kappa shape index (κ2) is 4.97. The van der Waals surface area contributed by atoms with Crippen molar-refractivity contribution in [3.8, 4) is 0 Å². The van der Waals surface area contributed by atoms with Crippen LogP contribution in [0.15, 0.2) is 24.3 Å². The van der Waals surface area contributed by atoms with Gasteiger partial charge >= 0.3 is 0 Å². The molecule has 2 rings (SSSR count). The summed E-state index contributed by atoms with van der Waals surface area (Å²) < 4.78 is 0. The largest absolute Gasteiger partial charge is 0.326 e. The van der Waals surface area contributed by atoms with E-state index in [2.05, 4.69) is 43.5 Å². The quantitative estimate of drug-likeness (QED) is 0.874. The summed E-state index contributed by atoms with van der Waals surface area (Å²) in [6, 6.07) is 8.17. The summed E-state index contributed by atoms with van der Waals surface area (Å²) in [6.45, 7) is 7.32. The van der Waals surface area contributed by atoms with Crippen molar-refractivity contribution in [2.45, 2.75) is 39.0 Å². The fraction of sp³-hybridized carbons (Fsp3) is 0.562. The molecule has 1 saturated carbocycles. The minimum absolute atomic E-state index is 0.144. The predicted molar refractivity (Wildman–Crippen MR) is 79.4 cm³/mol. The van der Waals surface area contributed by atoms with Gasteiger partial charge in [-0.25, -0.2) is 0 Å². The van der Waals surface area contributed by atoms with E-state index in [0.717, 1.165) is 25.1 Å². The first-order chi connectivity index (χ1) is 8.87. The SMILES string of the molecule is CNCC1(C(=O)Nc2ccc(C(C)(C)C)cc2)CC1. The van der Waals surface area contributed by atoms with Gasteiger partial charge < -0.3 is 10.6 Å². The molecule has 1 amide bonds. The summed E-state index contributed by atoms with van der Waals surface area (Å²) in [5.41, 5.74) is 2.14. The van der Waals surface area contributed by atoms with Crippen molar-refractivity contribution in [2.75, 3.05) is 18.9 Å². The molecule has 0 aromatic heterocycles. The van der Waals surface area contributed by atoms with Crippen LogP contribution in [-0.4, -0.2) is 19.5 Å². The Bertz CT molecular complexity index is 453. The van der Waals surface area contributed by atoms with Crippen molar-refractivity contribution in [1.29, 1.82) is 0 Å². The summed E-state index contributed by atoms with van der Waals surface area (Å²) in [7, 11) is 1.89. The van der Waals surface area contributed by atoms with Crippen molar-refractivity contribution in [3.05, 3.63) is 29.8 Å². The lowest BCUT2D eigenvalue weighted by atomic mass is 9.87. The van der Waals surface area contributed by atoms with Gasteiger partial charge in [-0.05, 0) is 43.0 Å². The first kappa shape index (κ1) is 14.1. The predicted octanol–water partition coefficient (Wildman–Crippen LogP) is 2.92. The van der Waals surface area contributed by atoms with Gasteiger partial charge in [0.1, 0.15) is 0 Å². The van der Waals surface area contributed by atoms with E-state index in [1.54, 1.807) is 0 Å². The first-order valence-corrected chi connectivity index (χ1v) is 6.94. The molecule has 104 valence electrons. The van der Waals surface area contributed by atoms with Gasteiger partial charge in [0, 0.05) is 12.2 Å². The summed E-state index contributed by atoms with van der Waals surface area (Å²) >= 11 is 0. The number of anilines is 1. The Balaban J connectivity index is 2.02. The van der Waals surface area contributed by atoms with Gasteiger partial charge in [-0.3, -0.25) is 4.79 Å². The van der Waals surface area contributed by atoms with Crippen LogP contribution in [0.25, 0.3) is 0 Å². The van der Waals surface area contributed by atoms with Gasteiger partial charge in [-0.15, -0.1) is 0 Å². The molecule has 1 aliphatic carbocycles. The Morgan fingerprint density at radius 1 is 1.21 bits per heavy atom. The minimum atomic E-state index is -0.169. The molecule has 1 aromatic rings. The number of rotatable bonds is 4. The Kier molecular flexibility index (Phi) is 3.68. The van der Waals surface area contributed by atoms with E-state index in [0.29, 0.717) is 0 Å². The third kappa shape index (κ3) is 3.16. The van der Waals surface area contributed by atoms with Gasteiger partial charge in [0.2, 0.25) is 5.91 Å². The molecule has 2 N–H and O–H groups in total. The number of nitrogens with one attached hydrogen (secondary N) is 2. The lowest BCUT2D eigenvalue weighted by molar-refractivity contribution is -0.120. The molecule has 0 spiro atoms. The van der Waals surface area contributed by atoms with E-state index in [1.807, 2.05) is 19.2 Å². The van der Waals surface area contributed by atoms with E-state index in [9.17, 15) is 4.79 Å². The van der Waals surface area contributed by atoms with Crippen LogP contribution in [0.3, 0.4) is 0 Å².